The van der Waals surface area contributed by atoms with Crippen LogP contribution >= 0.6 is 11.3 Å². The summed E-state index contributed by atoms with van der Waals surface area (Å²) in [4.78, 5) is 7.48. The first kappa shape index (κ1) is 16.6. The van der Waals surface area contributed by atoms with Gasteiger partial charge in [-0.1, -0.05) is 12.1 Å². The molecule has 7 heteroatoms. The van der Waals surface area contributed by atoms with Crippen molar-refractivity contribution in [3.63, 3.8) is 0 Å². The Morgan fingerprint density at radius 3 is 2.74 bits per heavy atom. The number of nitrogens with zero attached hydrogens (tertiary/aromatic N) is 2. The van der Waals surface area contributed by atoms with Gasteiger partial charge in [-0.05, 0) is 19.1 Å². The number of thiazole rings is 1. The number of rotatable bonds is 4. The van der Waals surface area contributed by atoms with Gasteiger partial charge in [0, 0.05) is 49.4 Å². The van der Waals surface area contributed by atoms with Crippen LogP contribution in [0.3, 0.4) is 0 Å². The van der Waals surface area contributed by atoms with E-state index in [9.17, 15) is 8.42 Å². The molecule has 0 bridgehead atoms. The Kier molecular flexibility index (Phi) is 4.82. The highest BCUT2D eigenvalue weighted by molar-refractivity contribution is 7.90. The second-order valence-electron chi connectivity index (χ2n) is 5.96. The summed E-state index contributed by atoms with van der Waals surface area (Å²) < 4.78 is 23.0. The highest BCUT2D eigenvalue weighted by Gasteiger charge is 2.19. The fourth-order valence-corrected chi connectivity index (χ4v) is 4.13. The second-order valence-corrected chi connectivity index (χ2v) is 8.84. The lowest BCUT2D eigenvalue weighted by Gasteiger charge is -2.33. The summed E-state index contributed by atoms with van der Waals surface area (Å²) in [5, 5.41) is 6.42. The van der Waals surface area contributed by atoms with Gasteiger partial charge in [-0.15, -0.1) is 11.3 Å². The zero-order valence-corrected chi connectivity index (χ0v) is 15.0. The molecule has 1 atom stereocenters. The van der Waals surface area contributed by atoms with Crippen molar-refractivity contribution >= 4 is 21.2 Å². The fraction of sp³-hybridized carbons (Fsp3) is 0.438. The number of hydrogen-bond donors (Lipinski definition) is 1. The van der Waals surface area contributed by atoms with Gasteiger partial charge in [0.1, 0.15) is 5.01 Å². The third-order valence-electron chi connectivity index (χ3n) is 4.09. The van der Waals surface area contributed by atoms with Crippen molar-refractivity contribution in [3.05, 3.63) is 35.3 Å². The van der Waals surface area contributed by atoms with Crippen molar-refractivity contribution in [3.8, 4) is 10.6 Å². The Morgan fingerprint density at radius 2 is 2.09 bits per heavy atom. The van der Waals surface area contributed by atoms with Crippen LogP contribution in [0.4, 0.5) is 0 Å². The lowest BCUT2D eigenvalue weighted by molar-refractivity contribution is 0.164. The minimum absolute atomic E-state index is 0.340. The van der Waals surface area contributed by atoms with Crippen molar-refractivity contribution < 1.29 is 8.42 Å². The van der Waals surface area contributed by atoms with Gasteiger partial charge in [-0.25, -0.2) is 13.4 Å². The fourth-order valence-electron chi connectivity index (χ4n) is 2.68. The van der Waals surface area contributed by atoms with E-state index in [0.717, 1.165) is 42.4 Å². The molecule has 1 aliphatic heterocycles. The number of benzene rings is 1. The number of nitrogens with one attached hydrogen (secondary N) is 1. The monoisotopic (exact) mass is 351 g/mol. The molecule has 3 rings (SSSR count). The van der Waals surface area contributed by atoms with E-state index >= 15 is 0 Å². The molecule has 124 valence electrons. The maximum absolute atomic E-state index is 11.5. The van der Waals surface area contributed by atoms with Crippen LogP contribution in [0, 0.1) is 0 Å². The van der Waals surface area contributed by atoms with Crippen LogP contribution in [0.5, 0.6) is 0 Å². The molecule has 1 aromatic heterocycles. The van der Waals surface area contributed by atoms with E-state index in [-0.39, 0.29) is 0 Å². The molecule has 2 heterocycles. The van der Waals surface area contributed by atoms with Crippen LogP contribution in [-0.4, -0.2) is 50.2 Å². The molecule has 0 spiro atoms. The SMILES string of the molecule is C[C@@H]1CNCCN1Cc1csc(-c2ccc(S(C)(=O)=O)cc2)n1. The molecule has 0 radical (unpaired) electrons. The summed E-state index contributed by atoms with van der Waals surface area (Å²) in [6.45, 7) is 6.17. The first-order valence-corrected chi connectivity index (χ1v) is 10.4. The zero-order chi connectivity index (χ0) is 16.4. The van der Waals surface area contributed by atoms with E-state index in [1.54, 1.807) is 23.5 Å². The van der Waals surface area contributed by atoms with Crippen molar-refractivity contribution in [2.45, 2.75) is 24.4 Å². The lowest BCUT2D eigenvalue weighted by atomic mass is 10.2. The highest BCUT2D eigenvalue weighted by atomic mass is 32.2. The first-order chi connectivity index (χ1) is 10.9. The zero-order valence-electron chi connectivity index (χ0n) is 13.3. The summed E-state index contributed by atoms with van der Waals surface area (Å²) >= 11 is 1.60. The molecule has 1 fully saturated rings. The average Bonchev–Trinajstić information content (AvgIpc) is 2.97. The standard InChI is InChI=1S/C16H21N3O2S2/c1-12-9-17-7-8-19(12)10-14-11-22-16(18-14)13-3-5-15(6-4-13)23(2,20)21/h3-6,11-12,17H,7-10H2,1-2H3/t12-/m1/s1. The molecule has 1 aromatic carbocycles. The Morgan fingerprint density at radius 1 is 1.35 bits per heavy atom. The molecular weight excluding hydrogens is 330 g/mol. The number of hydrogen-bond acceptors (Lipinski definition) is 6. The van der Waals surface area contributed by atoms with E-state index < -0.39 is 9.84 Å². The van der Waals surface area contributed by atoms with E-state index in [4.69, 9.17) is 4.98 Å². The predicted molar refractivity (Wildman–Crippen MR) is 93.4 cm³/mol. The van der Waals surface area contributed by atoms with Crippen LogP contribution in [0.1, 0.15) is 12.6 Å². The van der Waals surface area contributed by atoms with Crippen LogP contribution in [0.15, 0.2) is 34.5 Å². The molecule has 5 nitrogen and oxygen atoms in total. The smallest absolute Gasteiger partial charge is 0.175 e. The third-order valence-corrected chi connectivity index (χ3v) is 6.15. The largest absolute Gasteiger partial charge is 0.314 e. The molecule has 0 amide bonds. The number of aromatic nitrogens is 1. The topological polar surface area (TPSA) is 62.3 Å². The Labute approximate surface area is 141 Å². The predicted octanol–water partition coefficient (Wildman–Crippen LogP) is 2.01. The Bertz CT molecular complexity index is 769. The van der Waals surface area contributed by atoms with E-state index in [1.165, 1.54) is 6.26 Å². The second kappa shape index (κ2) is 6.68. The molecule has 1 N–H and O–H groups in total. The van der Waals surface area contributed by atoms with Gasteiger partial charge in [0.25, 0.3) is 0 Å². The Balaban J connectivity index is 1.74. The molecule has 0 saturated carbocycles. The number of sulfone groups is 1. The highest BCUT2D eigenvalue weighted by Crippen LogP contribution is 2.25. The minimum Gasteiger partial charge on any atom is -0.314 e. The summed E-state index contributed by atoms with van der Waals surface area (Å²) in [6.07, 6.45) is 1.22. The summed E-state index contributed by atoms with van der Waals surface area (Å²) in [6, 6.07) is 7.45. The molecule has 0 aliphatic carbocycles. The summed E-state index contributed by atoms with van der Waals surface area (Å²) in [5.74, 6) is 0. The van der Waals surface area contributed by atoms with Crippen molar-refractivity contribution in [2.24, 2.45) is 0 Å². The molecule has 2 aromatic rings. The van der Waals surface area contributed by atoms with Gasteiger partial charge in [0.05, 0.1) is 10.6 Å². The van der Waals surface area contributed by atoms with Gasteiger partial charge in [-0.3, -0.25) is 4.90 Å². The van der Waals surface area contributed by atoms with Gasteiger partial charge in [0.2, 0.25) is 0 Å². The minimum atomic E-state index is -3.15. The average molecular weight is 351 g/mol. The van der Waals surface area contributed by atoms with Gasteiger partial charge >= 0.3 is 0 Å². The molecule has 0 unspecified atom stereocenters. The maximum atomic E-state index is 11.5. The normalized spacial score (nSPS) is 19.8. The summed E-state index contributed by atoms with van der Waals surface area (Å²) in [5.41, 5.74) is 2.04. The maximum Gasteiger partial charge on any atom is 0.175 e. The third kappa shape index (κ3) is 3.98. The van der Waals surface area contributed by atoms with Gasteiger partial charge in [-0.2, -0.15) is 0 Å². The van der Waals surface area contributed by atoms with E-state index in [0.29, 0.717) is 10.9 Å². The van der Waals surface area contributed by atoms with Crippen molar-refractivity contribution in [2.75, 3.05) is 25.9 Å². The molecule has 1 aliphatic rings. The van der Waals surface area contributed by atoms with Crippen molar-refractivity contribution in [1.29, 1.82) is 0 Å². The van der Waals surface area contributed by atoms with Crippen LogP contribution in [0.2, 0.25) is 0 Å². The van der Waals surface area contributed by atoms with Gasteiger partial charge in [0.15, 0.2) is 9.84 Å². The van der Waals surface area contributed by atoms with E-state index in [2.05, 4.69) is 22.5 Å². The summed E-state index contributed by atoms with van der Waals surface area (Å²) in [7, 11) is -3.15. The molecular formula is C16H21N3O2S2. The first-order valence-electron chi connectivity index (χ1n) is 7.63. The lowest BCUT2D eigenvalue weighted by Crippen LogP contribution is -2.49. The van der Waals surface area contributed by atoms with Crippen LogP contribution in [0.25, 0.3) is 10.6 Å². The molecule has 23 heavy (non-hydrogen) atoms. The van der Waals surface area contributed by atoms with Crippen LogP contribution < -0.4 is 5.32 Å². The van der Waals surface area contributed by atoms with Crippen LogP contribution in [-0.2, 0) is 16.4 Å². The number of piperazine rings is 1. The van der Waals surface area contributed by atoms with Gasteiger partial charge < -0.3 is 5.32 Å². The quantitative estimate of drug-likeness (QED) is 0.913. The van der Waals surface area contributed by atoms with E-state index in [1.807, 2.05) is 12.1 Å². The molecule has 1 saturated heterocycles. The van der Waals surface area contributed by atoms with Crippen molar-refractivity contribution in [1.82, 2.24) is 15.2 Å². The Hall–Kier alpha value is -1.28.